The Morgan fingerprint density at radius 1 is 1.50 bits per heavy atom. The summed E-state index contributed by atoms with van der Waals surface area (Å²) in [5, 5.41) is 18.0. The molecular formula is C12H14N4O2. The monoisotopic (exact) mass is 246 g/mol. The maximum absolute atomic E-state index is 11.0. The van der Waals surface area contributed by atoms with E-state index in [0.29, 0.717) is 18.8 Å². The Labute approximate surface area is 104 Å². The zero-order valence-corrected chi connectivity index (χ0v) is 10.0. The van der Waals surface area contributed by atoms with Crippen LogP contribution in [0.3, 0.4) is 0 Å². The summed E-state index contributed by atoms with van der Waals surface area (Å²) >= 11 is 0. The van der Waals surface area contributed by atoms with Gasteiger partial charge in [0.15, 0.2) is 0 Å². The van der Waals surface area contributed by atoms with E-state index in [4.69, 9.17) is 0 Å². The van der Waals surface area contributed by atoms with Crippen LogP contribution >= 0.6 is 0 Å². The van der Waals surface area contributed by atoms with Gasteiger partial charge in [0.1, 0.15) is 5.69 Å². The minimum Gasteiger partial charge on any atom is -0.380 e. The van der Waals surface area contributed by atoms with Crippen LogP contribution in [0.2, 0.25) is 0 Å². The minimum absolute atomic E-state index is 0.0986. The Hall–Kier alpha value is -2.37. The van der Waals surface area contributed by atoms with Crippen LogP contribution < -0.4 is 5.32 Å². The predicted octanol–water partition coefficient (Wildman–Crippen LogP) is 2.27. The number of anilines is 1. The topological polar surface area (TPSA) is 73.0 Å². The van der Waals surface area contributed by atoms with E-state index in [9.17, 15) is 10.1 Å². The summed E-state index contributed by atoms with van der Waals surface area (Å²) in [7, 11) is 0. The fraction of sp³-hybridized carbons (Fsp3) is 0.250. The third-order valence-corrected chi connectivity index (χ3v) is 2.53. The van der Waals surface area contributed by atoms with E-state index < -0.39 is 0 Å². The van der Waals surface area contributed by atoms with Crippen molar-refractivity contribution >= 4 is 11.4 Å². The van der Waals surface area contributed by atoms with Crippen LogP contribution in [-0.2, 0) is 6.54 Å². The van der Waals surface area contributed by atoms with E-state index in [1.807, 2.05) is 25.3 Å². The molecule has 94 valence electrons. The van der Waals surface area contributed by atoms with Crippen molar-refractivity contribution in [2.75, 3.05) is 11.9 Å². The van der Waals surface area contributed by atoms with E-state index in [-0.39, 0.29) is 10.6 Å². The average Bonchev–Trinajstić information content (AvgIpc) is 2.84. The zero-order chi connectivity index (χ0) is 13.0. The van der Waals surface area contributed by atoms with Gasteiger partial charge in [-0.3, -0.25) is 14.8 Å². The first-order chi connectivity index (χ1) is 8.70. The van der Waals surface area contributed by atoms with Gasteiger partial charge in [0.05, 0.1) is 11.5 Å². The zero-order valence-electron chi connectivity index (χ0n) is 10.0. The molecule has 1 heterocycles. The van der Waals surface area contributed by atoms with Crippen LogP contribution in [-0.4, -0.2) is 21.2 Å². The summed E-state index contributed by atoms with van der Waals surface area (Å²) in [6.45, 7) is 3.08. The Bertz CT molecular complexity index is 537. The number of nitro benzene ring substituents is 1. The molecule has 0 aliphatic heterocycles. The van der Waals surface area contributed by atoms with Crippen molar-refractivity contribution in [3.05, 3.63) is 52.3 Å². The second-order valence-corrected chi connectivity index (χ2v) is 3.84. The number of rotatable bonds is 5. The van der Waals surface area contributed by atoms with Gasteiger partial charge in [-0.2, -0.15) is 5.10 Å². The molecule has 1 aromatic carbocycles. The first-order valence-electron chi connectivity index (χ1n) is 5.69. The number of aromatic nitrogens is 2. The van der Waals surface area contributed by atoms with E-state index in [2.05, 4.69) is 10.4 Å². The van der Waals surface area contributed by atoms with E-state index >= 15 is 0 Å². The molecule has 0 saturated carbocycles. The molecule has 2 aromatic rings. The molecular weight excluding hydrogens is 232 g/mol. The number of benzene rings is 1. The molecule has 0 saturated heterocycles. The summed E-state index contributed by atoms with van der Waals surface area (Å²) in [5.41, 5.74) is 1.50. The molecule has 0 spiro atoms. The van der Waals surface area contributed by atoms with Gasteiger partial charge in [-0.15, -0.1) is 0 Å². The first kappa shape index (κ1) is 12.1. The van der Waals surface area contributed by atoms with Gasteiger partial charge in [-0.25, -0.2) is 0 Å². The van der Waals surface area contributed by atoms with Gasteiger partial charge in [0.2, 0.25) is 0 Å². The van der Waals surface area contributed by atoms with Crippen molar-refractivity contribution in [3.8, 4) is 0 Å². The van der Waals surface area contributed by atoms with E-state index in [0.717, 1.165) is 5.56 Å². The Morgan fingerprint density at radius 3 is 2.94 bits per heavy atom. The van der Waals surface area contributed by atoms with Crippen LogP contribution in [0, 0.1) is 10.1 Å². The van der Waals surface area contributed by atoms with Gasteiger partial charge < -0.3 is 5.32 Å². The van der Waals surface area contributed by atoms with Crippen molar-refractivity contribution in [1.29, 1.82) is 0 Å². The van der Waals surface area contributed by atoms with Crippen LogP contribution in [0.1, 0.15) is 12.5 Å². The number of hydrogen-bond donors (Lipinski definition) is 1. The fourth-order valence-electron chi connectivity index (χ4n) is 1.75. The largest absolute Gasteiger partial charge is 0.380 e. The molecule has 6 nitrogen and oxygen atoms in total. The van der Waals surface area contributed by atoms with Crippen LogP contribution in [0.25, 0.3) is 0 Å². The molecule has 0 amide bonds. The highest BCUT2D eigenvalue weighted by Crippen LogP contribution is 2.25. The summed E-state index contributed by atoms with van der Waals surface area (Å²) in [6.07, 6.45) is 3.51. The van der Waals surface area contributed by atoms with Gasteiger partial charge in [-0.05, 0) is 24.6 Å². The summed E-state index contributed by atoms with van der Waals surface area (Å²) < 4.78 is 1.73. The lowest BCUT2D eigenvalue weighted by molar-refractivity contribution is -0.384. The van der Waals surface area contributed by atoms with Crippen LogP contribution in [0.15, 0.2) is 36.7 Å². The SMILES string of the molecule is CCNc1ccc(Cn2cccn2)cc1[N+](=O)[O-]. The lowest BCUT2D eigenvalue weighted by atomic mass is 10.1. The molecule has 0 fully saturated rings. The molecule has 1 aromatic heterocycles. The second-order valence-electron chi connectivity index (χ2n) is 3.84. The molecule has 18 heavy (non-hydrogen) atoms. The number of hydrogen-bond acceptors (Lipinski definition) is 4. The molecule has 0 aliphatic carbocycles. The predicted molar refractivity (Wildman–Crippen MR) is 68.6 cm³/mol. The average molecular weight is 246 g/mol. The second kappa shape index (κ2) is 5.31. The van der Waals surface area contributed by atoms with Crippen LogP contribution in [0.5, 0.6) is 0 Å². The minimum atomic E-state index is -0.370. The Morgan fingerprint density at radius 2 is 2.33 bits per heavy atom. The van der Waals surface area contributed by atoms with Crippen molar-refractivity contribution in [3.63, 3.8) is 0 Å². The molecule has 0 atom stereocenters. The van der Waals surface area contributed by atoms with Gasteiger partial charge in [0.25, 0.3) is 5.69 Å². The molecule has 2 rings (SSSR count). The summed E-state index contributed by atoms with van der Waals surface area (Å²) in [4.78, 5) is 10.6. The molecule has 1 N–H and O–H groups in total. The number of nitrogens with one attached hydrogen (secondary N) is 1. The third kappa shape index (κ3) is 2.65. The fourth-order valence-corrected chi connectivity index (χ4v) is 1.75. The van der Waals surface area contributed by atoms with Crippen molar-refractivity contribution < 1.29 is 4.92 Å². The normalized spacial score (nSPS) is 10.3. The highest BCUT2D eigenvalue weighted by molar-refractivity contribution is 5.62. The van der Waals surface area contributed by atoms with Gasteiger partial charge in [0, 0.05) is 25.0 Å². The maximum atomic E-state index is 11.0. The quantitative estimate of drug-likeness (QED) is 0.648. The highest BCUT2D eigenvalue weighted by Gasteiger charge is 2.13. The third-order valence-electron chi connectivity index (χ3n) is 2.53. The Kier molecular flexibility index (Phi) is 3.57. The lowest BCUT2D eigenvalue weighted by Crippen LogP contribution is -2.04. The maximum Gasteiger partial charge on any atom is 0.292 e. The lowest BCUT2D eigenvalue weighted by Gasteiger charge is -2.07. The van der Waals surface area contributed by atoms with Gasteiger partial charge in [-0.1, -0.05) is 6.07 Å². The van der Waals surface area contributed by atoms with Gasteiger partial charge >= 0.3 is 0 Å². The van der Waals surface area contributed by atoms with Crippen molar-refractivity contribution in [2.45, 2.75) is 13.5 Å². The van der Waals surface area contributed by atoms with E-state index in [1.54, 1.807) is 23.0 Å². The molecule has 0 radical (unpaired) electrons. The van der Waals surface area contributed by atoms with Crippen LogP contribution in [0.4, 0.5) is 11.4 Å². The summed E-state index contributed by atoms with van der Waals surface area (Å²) in [5.74, 6) is 0. The summed E-state index contributed by atoms with van der Waals surface area (Å²) in [6, 6.07) is 7.01. The molecule has 6 heteroatoms. The number of nitro groups is 1. The van der Waals surface area contributed by atoms with Crippen molar-refractivity contribution in [2.24, 2.45) is 0 Å². The molecule has 0 bridgehead atoms. The highest BCUT2D eigenvalue weighted by atomic mass is 16.6. The van der Waals surface area contributed by atoms with E-state index in [1.165, 1.54) is 0 Å². The standard InChI is InChI=1S/C12H14N4O2/c1-2-13-11-5-4-10(8-12(11)16(17)18)9-15-7-3-6-14-15/h3-8,13H,2,9H2,1H3. The smallest absolute Gasteiger partial charge is 0.292 e. The van der Waals surface area contributed by atoms with Crippen molar-refractivity contribution in [1.82, 2.24) is 9.78 Å². The Balaban J connectivity index is 2.28. The molecule has 0 unspecified atom stereocenters. The molecule has 0 aliphatic rings. The number of nitrogens with zero attached hydrogens (tertiary/aromatic N) is 3. The first-order valence-corrected chi connectivity index (χ1v) is 5.69.